The monoisotopic (exact) mass is 116 g/mol. The van der Waals surface area contributed by atoms with Gasteiger partial charge < -0.3 is 5.32 Å². The van der Waals surface area contributed by atoms with Crippen LogP contribution in [-0.4, -0.2) is 32.2 Å². The minimum atomic E-state index is 0.537. The van der Waals surface area contributed by atoms with Gasteiger partial charge in [0, 0.05) is 0 Å². The number of nitrogens with one attached hydrogen (secondary N) is 1. The fourth-order valence-corrected chi connectivity index (χ4v) is 0.827. The normalized spacial score (nSPS) is 14.6. The van der Waals surface area contributed by atoms with Crippen LogP contribution in [0.25, 0.3) is 0 Å². The summed E-state index contributed by atoms with van der Waals surface area (Å²) in [7, 11) is 6.13. The van der Waals surface area contributed by atoms with Gasteiger partial charge in [-0.05, 0) is 27.6 Å². The van der Waals surface area contributed by atoms with E-state index < -0.39 is 0 Å². The van der Waals surface area contributed by atoms with E-state index in [4.69, 9.17) is 0 Å². The number of hydrogen-bond acceptors (Lipinski definition) is 2. The number of rotatable bonds is 3. The molecule has 0 radical (unpaired) electrons. The Hall–Kier alpha value is -0.0800. The van der Waals surface area contributed by atoms with Crippen LogP contribution in [0.4, 0.5) is 0 Å². The third-order valence-electron chi connectivity index (χ3n) is 1.34. The minimum Gasteiger partial charge on any atom is -0.305 e. The second kappa shape index (κ2) is 3.87. The Balaban J connectivity index is 3.35. The fraction of sp³-hybridized carbons (Fsp3) is 1.00. The molecule has 0 aromatic rings. The van der Waals surface area contributed by atoms with E-state index in [1.54, 1.807) is 0 Å². The Morgan fingerprint density at radius 3 is 2.00 bits per heavy atom. The first-order valence-corrected chi connectivity index (χ1v) is 3.06. The van der Waals surface area contributed by atoms with E-state index in [1.807, 2.05) is 7.05 Å². The van der Waals surface area contributed by atoms with E-state index in [0.29, 0.717) is 6.17 Å². The molecule has 0 fully saturated rings. The van der Waals surface area contributed by atoms with Gasteiger partial charge >= 0.3 is 0 Å². The van der Waals surface area contributed by atoms with Crippen LogP contribution in [0.5, 0.6) is 0 Å². The van der Waals surface area contributed by atoms with E-state index in [9.17, 15) is 0 Å². The van der Waals surface area contributed by atoms with Gasteiger partial charge in [-0.1, -0.05) is 6.92 Å². The zero-order chi connectivity index (χ0) is 6.57. The van der Waals surface area contributed by atoms with Crippen LogP contribution in [0.2, 0.25) is 0 Å². The molecule has 0 aliphatic rings. The van der Waals surface area contributed by atoms with Gasteiger partial charge in [0.05, 0.1) is 6.17 Å². The highest BCUT2D eigenvalue weighted by atomic mass is 15.2. The van der Waals surface area contributed by atoms with Crippen LogP contribution in [0.1, 0.15) is 13.3 Å². The van der Waals surface area contributed by atoms with Crippen molar-refractivity contribution in [1.82, 2.24) is 10.2 Å². The van der Waals surface area contributed by atoms with Crippen molar-refractivity contribution in [1.29, 1.82) is 0 Å². The standard InChI is InChI=1S/C6H16N2/c1-5-6(7-2)8(3)4/h6-7H,5H2,1-4H3/t6-/m0/s1. The second-order valence-corrected chi connectivity index (χ2v) is 2.18. The summed E-state index contributed by atoms with van der Waals surface area (Å²) in [5.74, 6) is 0. The van der Waals surface area contributed by atoms with E-state index >= 15 is 0 Å². The first-order chi connectivity index (χ1) is 3.72. The summed E-state index contributed by atoms with van der Waals surface area (Å²) in [6.45, 7) is 2.17. The van der Waals surface area contributed by atoms with Crippen molar-refractivity contribution in [3.63, 3.8) is 0 Å². The molecule has 1 N–H and O–H groups in total. The molecule has 0 saturated carbocycles. The summed E-state index contributed by atoms with van der Waals surface area (Å²) in [6, 6.07) is 0. The molecule has 0 spiro atoms. The van der Waals surface area contributed by atoms with Crippen LogP contribution >= 0.6 is 0 Å². The maximum Gasteiger partial charge on any atom is 0.0586 e. The summed E-state index contributed by atoms with van der Waals surface area (Å²) in [6.07, 6.45) is 1.69. The highest BCUT2D eigenvalue weighted by molar-refractivity contribution is 4.55. The van der Waals surface area contributed by atoms with Gasteiger partial charge in [0.1, 0.15) is 0 Å². The maximum atomic E-state index is 3.18. The maximum absolute atomic E-state index is 3.18. The lowest BCUT2D eigenvalue weighted by Crippen LogP contribution is -2.38. The first-order valence-electron chi connectivity index (χ1n) is 3.06. The largest absolute Gasteiger partial charge is 0.305 e. The third-order valence-corrected chi connectivity index (χ3v) is 1.34. The summed E-state index contributed by atoms with van der Waals surface area (Å²) in [4.78, 5) is 2.17. The van der Waals surface area contributed by atoms with Gasteiger partial charge in [-0.15, -0.1) is 0 Å². The molecule has 0 saturated heterocycles. The number of nitrogens with zero attached hydrogens (tertiary/aromatic N) is 1. The zero-order valence-electron chi connectivity index (χ0n) is 6.23. The molecule has 0 aliphatic carbocycles. The highest BCUT2D eigenvalue weighted by Gasteiger charge is 2.01. The fourth-order valence-electron chi connectivity index (χ4n) is 0.827. The van der Waals surface area contributed by atoms with Gasteiger partial charge in [0.15, 0.2) is 0 Å². The zero-order valence-corrected chi connectivity index (χ0v) is 6.23. The first kappa shape index (κ1) is 7.92. The smallest absolute Gasteiger partial charge is 0.0586 e. The van der Waals surface area contributed by atoms with Crippen molar-refractivity contribution >= 4 is 0 Å². The summed E-state index contributed by atoms with van der Waals surface area (Å²) >= 11 is 0. The predicted octanol–water partition coefficient (Wildman–Crippen LogP) is 0.503. The molecule has 0 rings (SSSR count). The van der Waals surface area contributed by atoms with Crippen LogP contribution < -0.4 is 5.32 Å². The summed E-state index contributed by atoms with van der Waals surface area (Å²) < 4.78 is 0. The molecule has 0 unspecified atom stereocenters. The van der Waals surface area contributed by atoms with E-state index in [-0.39, 0.29) is 0 Å². The van der Waals surface area contributed by atoms with Gasteiger partial charge in [-0.25, -0.2) is 0 Å². The molecule has 50 valence electrons. The van der Waals surface area contributed by atoms with Crippen molar-refractivity contribution in [2.45, 2.75) is 19.5 Å². The van der Waals surface area contributed by atoms with Gasteiger partial charge in [0.2, 0.25) is 0 Å². The highest BCUT2D eigenvalue weighted by Crippen LogP contribution is 1.90. The third kappa shape index (κ3) is 2.28. The van der Waals surface area contributed by atoms with Gasteiger partial charge in [-0.3, -0.25) is 4.90 Å². The SMILES string of the molecule is CC[C@@H](NC)N(C)C. The molecule has 8 heavy (non-hydrogen) atoms. The molecular formula is C6H16N2. The molecule has 0 amide bonds. The Labute approximate surface area is 51.9 Å². The average molecular weight is 116 g/mol. The summed E-state index contributed by atoms with van der Waals surface area (Å²) in [5.41, 5.74) is 0. The second-order valence-electron chi connectivity index (χ2n) is 2.18. The molecule has 2 heteroatoms. The van der Waals surface area contributed by atoms with Gasteiger partial charge in [-0.2, -0.15) is 0 Å². The topological polar surface area (TPSA) is 15.3 Å². The molecule has 0 heterocycles. The molecule has 1 atom stereocenters. The Morgan fingerprint density at radius 1 is 1.50 bits per heavy atom. The van der Waals surface area contributed by atoms with E-state index in [0.717, 1.165) is 6.42 Å². The molecule has 0 aromatic carbocycles. The lowest BCUT2D eigenvalue weighted by molar-refractivity contribution is 0.253. The summed E-state index contributed by atoms with van der Waals surface area (Å²) in [5, 5.41) is 3.18. The van der Waals surface area contributed by atoms with Crippen molar-refractivity contribution in [2.75, 3.05) is 21.1 Å². The molecular weight excluding hydrogens is 100 g/mol. The molecule has 0 aliphatic heterocycles. The van der Waals surface area contributed by atoms with Crippen molar-refractivity contribution in [3.05, 3.63) is 0 Å². The van der Waals surface area contributed by atoms with Crippen molar-refractivity contribution < 1.29 is 0 Å². The van der Waals surface area contributed by atoms with Crippen molar-refractivity contribution in [3.8, 4) is 0 Å². The minimum absolute atomic E-state index is 0.537. The van der Waals surface area contributed by atoms with Crippen LogP contribution in [0.15, 0.2) is 0 Å². The van der Waals surface area contributed by atoms with Crippen molar-refractivity contribution in [2.24, 2.45) is 0 Å². The number of hydrogen-bond donors (Lipinski definition) is 1. The lowest BCUT2D eigenvalue weighted by atomic mass is 10.3. The van der Waals surface area contributed by atoms with Crippen LogP contribution in [0.3, 0.4) is 0 Å². The Bertz CT molecular complexity index is 48.5. The Morgan fingerprint density at radius 2 is 2.00 bits per heavy atom. The van der Waals surface area contributed by atoms with Crippen LogP contribution in [-0.2, 0) is 0 Å². The van der Waals surface area contributed by atoms with E-state index in [2.05, 4.69) is 31.2 Å². The predicted molar refractivity (Wildman–Crippen MR) is 36.8 cm³/mol. The lowest BCUT2D eigenvalue weighted by Gasteiger charge is -2.21. The van der Waals surface area contributed by atoms with Crippen LogP contribution in [0, 0.1) is 0 Å². The Kier molecular flexibility index (Phi) is 3.83. The molecule has 0 aromatic heterocycles. The molecule has 2 nitrogen and oxygen atoms in total. The van der Waals surface area contributed by atoms with Gasteiger partial charge in [0.25, 0.3) is 0 Å². The quantitative estimate of drug-likeness (QED) is 0.540. The average Bonchev–Trinajstić information content (AvgIpc) is 1.69. The van der Waals surface area contributed by atoms with E-state index in [1.165, 1.54) is 0 Å². The molecule has 0 bridgehead atoms.